The third-order valence-electron chi connectivity index (χ3n) is 4.86. The van der Waals surface area contributed by atoms with Crippen molar-refractivity contribution in [2.75, 3.05) is 4.90 Å². The van der Waals surface area contributed by atoms with Gasteiger partial charge >= 0.3 is 6.18 Å². The zero-order valence-corrected chi connectivity index (χ0v) is 16.9. The molecule has 0 aliphatic heterocycles. The van der Waals surface area contributed by atoms with Crippen molar-refractivity contribution in [1.29, 1.82) is 0 Å². The predicted octanol–water partition coefficient (Wildman–Crippen LogP) is 6.60. The number of alkyl halides is 3. The second-order valence-electron chi connectivity index (χ2n) is 8.21. The van der Waals surface area contributed by atoms with Crippen molar-refractivity contribution in [1.82, 2.24) is 4.98 Å². The largest absolute Gasteiger partial charge is 0.416 e. The fourth-order valence-corrected chi connectivity index (χ4v) is 3.13. The van der Waals surface area contributed by atoms with Crippen molar-refractivity contribution in [3.63, 3.8) is 0 Å². The average molecular weight is 398 g/mol. The van der Waals surface area contributed by atoms with Gasteiger partial charge in [0.15, 0.2) is 0 Å². The van der Waals surface area contributed by atoms with E-state index in [1.165, 1.54) is 17.7 Å². The molecule has 0 atom stereocenters. The fourth-order valence-electron chi connectivity index (χ4n) is 3.13. The molecule has 0 amide bonds. The van der Waals surface area contributed by atoms with Gasteiger partial charge in [0, 0.05) is 19.3 Å². The van der Waals surface area contributed by atoms with E-state index >= 15 is 0 Å². The van der Waals surface area contributed by atoms with Crippen LogP contribution >= 0.6 is 0 Å². The van der Waals surface area contributed by atoms with Crippen molar-refractivity contribution in [3.05, 3.63) is 95.3 Å². The molecule has 1 heterocycles. The lowest BCUT2D eigenvalue weighted by Gasteiger charge is -2.26. The standard InChI is InChI=1S/C24H25F3N2/c1-23(2,3)20-10-6-18(7-11-20)16-29(22-5-4-14-28-15-22)17-19-8-12-21(13-9-19)24(25,26)27/h4-15H,16-17H2,1-3H3. The normalized spacial score (nSPS) is 12.1. The maximum Gasteiger partial charge on any atom is 0.416 e. The van der Waals surface area contributed by atoms with Gasteiger partial charge < -0.3 is 4.90 Å². The number of hydrogen-bond acceptors (Lipinski definition) is 2. The number of aromatic nitrogens is 1. The molecule has 0 spiro atoms. The second kappa shape index (κ2) is 8.27. The summed E-state index contributed by atoms with van der Waals surface area (Å²) in [6, 6.07) is 17.6. The van der Waals surface area contributed by atoms with Gasteiger partial charge in [0.1, 0.15) is 0 Å². The molecule has 0 aliphatic rings. The number of benzene rings is 2. The minimum absolute atomic E-state index is 0.0851. The molecule has 29 heavy (non-hydrogen) atoms. The molecule has 0 radical (unpaired) electrons. The Bertz CT molecular complexity index is 850. The summed E-state index contributed by atoms with van der Waals surface area (Å²) in [5, 5.41) is 0. The maximum absolute atomic E-state index is 12.8. The third kappa shape index (κ3) is 5.59. The molecule has 0 N–H and O–H groups in total. The van der Waals surface area contributed by atoms with Crippen LogP contribution in [-0.4, -0.2) is 4.98 Å². The zero-order valence-electron chi connectivity index (χ0n) is 16.9. The van der Waals surface area contributed by atoms with E-state index in [1.807, 2.05) is 12.1 Å². The van der Waals surface area contributed by atoms with Gasteiger partial charge in [0.2, 0.25) is 0 Å². The number of rotatable bonds is 5. The first-order chi connectivity index (χ1) is 13.6. The Hall–Kier alpha value is -2.82. The van der Waals surface area contributed by atoms with E-state index in [0.717, 1.165) is 28.9 Å². The highest BCUT2D eigenvalue weighted by Crippen LogP contribution is 2.30. The Kier molecular flexibility index (Phi) is 5.96. The minimum Gasteiger partial charge on any atom is -0.362 e. The molecule has 0 saturated carbocycles. The van der Waals surface area contributed by atoms with E-state index in [4.69, 9.17) is 0 Å². The highest BCUT2D eigenvalue weighted by atomic mass is 19.4. The molecule has 1 aromatic heterocycles. The van der Waals surface area contributed by atoms with Gasteiger partial charge in [-0.15, -0.1) is 0 Å². The number of anilines is 1. The van der Waals surface area contributed by atoms with Crippen LogP contribution in [0.15, 0.2) is 73.1 Å². The van der Waals surface area contributed by atoms with E-state index in [1.54, 1.807) is 12.4 Å². The molecule has 0 bridgehead atoms. The second-order valence-corrected chi connectivity index (χ2v) is 8.21. The molecule has 3 rings (SSSR count). The molecule has 2 nitrogen and oxygen atoms in total. The van der Waals surface area contributed by atoms with Gasteiger partial charge in [-0.05, 0) is 46.4 Å². The van der Waals surface area contributed by atoms with Crippen LogP contribution in [0, 0.1) is 0 Å². The molecule has 0 saturated heterocycles. The molecule has 5 heteroatoms. The summed E-state index contributed by atoms with van der Waals surface area (Å²) in [5.74, 6) is 0. The van der Waals surface area contributed by atoms with Gasteiger partial charge in [0.05, 0.1) is 17.4 Å². The summed E-state index contributed by atoms with van der Waals surface area (Å²) >= 11 is 0. The average Bonchev–Trinajstić information content (AvgIpc) is 2.68. The Balaban J connectivity index is 1.82. The number of pyridine rings is 1. The van der Waals surface area contributed by atoms with Crippen molar-refractivity contribution >= 4 is 5.69 Å². The lowest BCUT2D eigenvalue weighted by atomic mass is 9.87. The molecule has 0 aliphatic carbocycles. The monoisotopic (exact) mass is 398 g/mol. The van der Waals surface area contributed by atoms with E-state index in [2.05, 4.69) is 54.9 Å². The number of halogens is 3. The van der Waals surface area contributed by atoms with Crippen LogP contribution in [-0.2, 0) is 24.7 Å². The first kappa shape index (κ1) is 20.9. The third-order valence-corrected chi connectivity index (χ3v) is 4.86. The molecular formula is C24H25F3N2. The molecule has 152 valence electrons. The molecule has 0 unspecified atom stereocenters. The molecule has 0 fully saturated rings. The van der Waals surface area contributed by atoms with Gasteiger partial charge in [-0.25, -0.2) is 0 Å². The summed E-state index contributed by atoms with van der Waals surface area (Å²) in [6.07, 6.45) is -0.845. The topological polar surface area (TPSA) is 16.1 Å². The van der Waals surface area contributed by atoms with Crippen LogP contribution in [0.1, 0.15) is 43.0 Å². The molecular weight excluding hydrogens is 373 g/mol. The van der Waals surface area contributed by atoms with Crippen LogP contribution in [0.3, 0.4) is 0 Å². The highest BCUT2D eigenvalue weighted by molar-refractivity contribution is 5.46. The lowest BCUT2D eigenvalue weighted by molar-refractivity contribution is -0.137. The SMILES string of the molecule is CC(C)(C)c1ccc(CN(Cc2ccc(C(F)(F)F)cc2)c2cccnc2)cc1. The van der Waals surface area contributed by atoms with E-state index in [0.29, 0.717) is 13.1 Å². The lowest BCUT2D eigenvalue weighted by Crippen LogP contribution is -2.22. The Morgan fingerprint density at radius 2 is 1.28 bits per heavy atom. The van der Waals surface area contributed by atoms with E-state index in [-0.39, 0.29) is 5.41 Å². The first-order valence-electron chi connectivity index (χ1n) is 9.53. The Morgan fingerprint density at radius 1 is 0.759 bits per heavy atom. The predicted molar refractivity (Wildman–Crippen MR) is 111 cm³/mol. The van der Waals surface area contributed by atoms with Gasteiger partial charge in [-0.3, -0.25) is 4.98 Å². The Morgan fingerprint density at radius 3 is 1.69 bits per heavy atom. The van der Waals surface area contributed by atoms with Crippen molar-refractivity contribution in [2.45, 2.75) is 45.5 Å². The van der Waals surface area contributed by atoms with Crippen molar-refractivity contribution in [3.8, 4) is 0 Å². The van der Waals surface area contributed by atoms with Crippen LogP contribution in [0.25, 0.3) is 0 Å². The minimum atomic E-state index is -4.32. The maximum atomic E-state index is 12.8. The van der Waals surface area contributed by atoms with Crippen molar-refractivity contribution in [2.24, 2.45) is 0 Å². The summed E-state index contributed by atoms with van der Waals surface area (Å²) in [5.41, 5.74) is 3.58. The number of nitrogens with zero attached hydrogens (tertiary/aromatic N) is 2. The summed E-state index contributed by atoms with van der Waals surface area (Å²) in [4.78, 5) is 6.30. The highest BCUT2D eigenvalue weighted by Gasteiger charge is 2.30. The Labute approximate surface area is 170 Å². The van der Waals surface area contributed by atoms with E-state index in [9.17, 15) is 13.2 Å². The van der Waals surface area contributed by atoms with Crippen LogP contribution in [0.5, 0.6) is 0 Å². The van der Waals surface area contributed by atoms with Gasteiger partial charge in [-0.2, -0.15) is 13.2 Å². The van der Waals surface area contributed by atoms with Gasteiger partial charge in [-0.1, -0.05) is 57.2 Å². The van der Waals surface area contributed by atoms with E-state index < -0.39 is 11.7 Å². The summed E-state index contributed by atoms with van der Waals surface area (Å²) in [7, 11) is 0. The fraction of sp³-hybridized carbons (Fsp3) is 0.292. The molecule has 3 aromatic rings. The quantitative estimate of drug-likeness (QED) is 0.481. The smallest absolute Gasteiger partial charge is 0.362 e. The van der Waals surface area contributed by atoms with Gasteiger partial charge in [0.25, 0.3) is 0 Å². The van der Waals surface area contributed by atoms with Crippen LogP contribution in [0.2, 0.25) is 0 Å². The van der Waals surface area contributed by atoms with Crippen molar-refractivity contribution < 1.29 is 13.2 Å². The number of hydrogen-bond donors (Lipinski definition) is 0. The zero-order chi connectivity index (χ0) is 21.1. The molecule has 2 aromatic carbocycles. The summed E-state index contributed by atoms with van der Waals surface area (Å²) < 4.78 is 38.5. The van der Waals surface area contributed by atoms with Crippen LogP contribution in [0.4, 0.5) is 18.9 Å². The summed E-state index contributed by atoms with van der Waals surface area (Å²) in [6.45, 7) is 7.65. The first-order valence-corrected chi connectivity index (χ1v) is 9.53. The van der Waals surface area contributed by atoms with Crippen LogP contribution < -0.4 is 4.90 Å².